The van der Waals surface area contributed by atoms with Crippen LogP contribution in [0, 0.1) is 5.82 Å². The Labute approximate surface area is 113 Å². The molecule has 1 atom stereocenters. The largest absolute Gasteiger partial charge is 0.469 e. The third kappa shape index (κ3) is 3.77. The summed E-state index contributed by atoms with van der Waals surface area (Å²) in [4.78, 5) is 13.6. The number of halogens is 1. The van der Waals surface area contributed by atoms with Crippen LogP contribution in [0.4, 0.5) is 4.39 Å². The molecule has 1 unspecified atom stereocenters. The molecule has 1 aromatic carbocycles. The van der Waals surface area contributed by atoms with Crippen molar-refractivity contribution >= 4 is 5.97 Å². The van der Waals surface area contributed by atoms with Crippen LogP contribution in [0.15, 0.2) is 24.3 Å². The molecule has 104 valence electrons. The van der Waals surface area contributed by atoms with Gasteiger partial charge in [0.25, 0.3) is 0 Å². The molecule has 0 saturated carbocycles. The maximum absolute atomic E-state index is 13.7. The number of nitrogens with zero attached hydrogens (tertiary/aromatic N) is 1. The van der Waals surface area contributed by atoms with Gasteiger partial charge in [-0.3, -0.25) is 9.69 Å². The molecule has 1 aliphatic heterocycles. The third-order valence-electron chi connectivity index (χ3n) is 3.71. The van der Waals surface area contributed by atoms with Gasteiger partial charge in [-0.2, -0.15) is 0 Å². The number of likely N-dealkylation sites (tertiary alicyclic amines) is 1. The number of carbonyl (C=O) groups excluding carboxylic acids is 1. The van der Waals surface area contributed by atoms with Crippen molar-refractivity contribution in [3.63, 3.8) is 0 Å². The van der Waals surface area contributed by atoms with Gasteiger partial charge >= 0.3 is 5.97 Å². The van der Waals surface area contributed by atoms with E-state index in [9.17, 15) is 9.18 Å². The smallest absolute Gasteiger partial charge is 0.307 e. The van der Waals surface area contributed by atoms with Crippen molar-refractivity contribution in [3.05, 3.63) is 35.6 Å². The van der Waals surface area contributed by atoms with Crippen LogP contribution in [0.2, 0.25) is 0 Å². The van der Waals surface area contributed by atoms with E-state index in [-0.39, 0.29) is 17.8 Å². The first-order valence-electron chi connectivity index (χ1n) is 6.75. The molecule has 3 nitrogen and oxygen atoms in total. The Bertz CT molecular complexity index is 436. The summed E-state index contributed by atoms with van der Waals surface area (Å²) in [6, 6.07) is 6.99. The van der Waals surface area contributed by atoms with Crippen molar-refractivity contribution < 1.29 is 13.9 Å². The van der Waals surface area contributed by atoms with Gasteiger partial charge < -0.3 is 4.74 Å². The molecule has 1 aromatic rings. The zero-order valence-corrected chi connectivity index (χ0v) is 11.3. The average molecular weight is 265 g/mol. The summed E-state index contributed by atoms with van der Waals surface area (Å²) in [5.41, 5.74) is 0.694. The van der Waals surface area contributed by atoms with E-state index < -0.39 is 0 Å². The van der Waals surface area contributed by atoms with E-state index in [2.05, 4.69) is 4.90 Å². The summed E-state index contributed by atoms with van der Waals surface area (Å²) in [6.45, 7) is 1.48. The van der Waals surface area contributed by atoms with Crippen LogP contribution in [0.5, 0.6) is 0 Å². The number of esters is 1. The average Bonchev–Trinajstić information content (AvgIpc) is 2.43. The zero-order valence-electron chi connectivity index (χ0n) is 11.3. The van der Waals surface area contributed by atoms with Gasteiger partial charge in [0.1, 0.15) is 5.82 Å². The van der Waals surface area contributed by atoms with Crippen molar-refractivity contribution in [1.29, 1.82) is 0 Å². The summed E-state index contributed by atoms with van der Waals surface area (Å²) in [7, 11) is 1.41. The molecule has 0 aliphatic carbocycles. The van der Waals surface area contributed by atoms with E-state index in [0.717, 1.165) is 25.8 Å². The van der Waals surface area contributed by atoms with E-state index >= 15 is 0 Å². The standard InChI is InChI=1S/C15H20FNO2/c1-19-15(18)10-13-7-4-5-9-17(13)11-12-6-2-3-8-14(12)16/h2-3,6,8,13H,4-5,7,9-11H2,1H3. The Morgan fingerprint density at radius 3 is 2.95 bits per heavy atom. The predicted octanol–water partition coefficient (Wildman–Crippen LogP) is 2.74. The highest BCUT2D eigenvalue weighted by atomic mass is 19.1. The maximum atomic E-state index is 13.7. The molecular formula is C15H20FNO2. The second-order valence-corrected chi connectivity index (χ2v) is 4.99. The lowest BCUT2D eigenvalue weighted by molar-refractivity contribution is -0.142. The van der Waals surface area contributed by atoms with Crippen molar-refractivity contribution in [2.24, 2.45) is 0 Å². The normalized spacial score (nSPS) is 20.2. The van der Waals surface area contributed by atoms with Gasteiger partial charge in [-0.05, 0) is 25.5 Å². The summed E-state index contributed by atoms with van der Waals surface area (Å²) < 4.78 is 18.4. The summed E-state index contributed by atoms with van der Waals surface area (Å²) in [5.74, 6) is -0.365. The highest BCUT2D eigenvalue weighted by molar-refractivity contribution is 5.69. The third-order valence-corrected chi connectivity index (χ3v) is 3.71. The molecule has 1 aliphatic rings. The van der Waals surface area contributed by atoms with Crippen molar-refractivity contribution in [1.82, 2.24) is 4.90 Å². The molecule has 0 spiro atoms. The Morgan fingerprint density at radius 2 is 2.21 bits per heavy atom. The van der Waals surface area contributed by atoms with E-state index in [0.29, 0.717) is 18.5 Å². The highest BCUT2D eigenvalue weighted by Gasteiger charge is 2.25. The number of methoxy groups -OCH3 is 1. The second kappa shape index (κ2) is 6.66. The van der Waals surface area contributed by atoms with Crippen LogP contribution in [0.3, 0.4) is 0 Å². The molecule has 1 heterocycles. The minimum absolute atomic E-state index is 0.167. The molecule has 0 amide bonds. The second-order valence-electron chi connectivity index (χ2n) is 4.99. The molecule has 0 bridgehead atoms. The number of carbonyl (C=O) groups is 1. The summed E-state index contributed by atoms with van der Waals surface area (Å²) >= 11 is 0. The lowest BCUT2D eigenvalue weighted by Crippen LogP contribution is -2.40. The molecule has 0 radical (unpaired) electrons. The number of hydrogen-bond acceptors (Lipinski definition) is 3. The van der Waals surface area contributed by atoms with Gasteiger partial charge in [-0.15, -0.1) is 0 Å². The summed E-state index contributed by atoms with van der Waals surface area (Å²) in [5, 5.41) is 0. The lowest BCUT2D eigenvalue weighted by Gasteiger charge is -2.35. The van der Waals surface area contributed by atoms with Crippen LogP contribution in [-0.2, 0) is 16.1 Å². The minimum Gasteiger partial charge on any atom is -0.469 e. The first kappa shape index (κ1) is 14.0. The molecule has 0 aromatic heterocycles. The Kier molecular flexibility index (Phi) is 4.91. The van der Waals surface area contributed by atoms with Crippen molar-refractivity contribution in [3.8, 4) is 0 Å². The van der Waals surface area contributed by atoms with E-state index in [4.69, 9.17) is 4.74 Å². The maximum Gasteiger partial charge on any atom is 0.307 e. The number of piperidine rings is 1. The van der Waals surface area contributed by atoms with Crippen molar-refractivity contribution in [2.75, 3.05) is 13.7 Å². The molecule has 0 N–H and O–H groups in total. The molecule has 19 heavy (non-hydrogen) atoms. The van der Waals surface area contributed by atoms with Gasteiger partial charge in [-0.1, -0.05) is 24.6 Å². The monoisotopic (exact) mass is 265 g/mol. The fourth-order valence-corrected chi connectivity index (χ4v) is 2.62. The number of rotatable bonds is 4. The number of benzene rings is 1. The SMILES string of the molecule is COC(=O)CC1CCCCN1Cc1ccccc1F. The van der Waals surface area contributed by atoms with Crippen LogP contribution < -0.4 is 0 Å². The highest BCUT2D eigenvalue weighted by Crippen LogP contribution is 2.23. The van der Waals surface area contributed by atoms with E-state index in [1.807, 2.05) is 6.07 Å². The summed E-state index contributed by atoms with van der Waals surface area (Å²) in [6.07, 6.45) is 3.59. The minimum atomic E-state index is -0.189. The number of hydrogen-bond donors (Lipinski definition) is 0. The lowest BCUT2D eigenvalue weighted by atomic mass is 9.98. The predicted molar refractivity (Wildman–Crippen MR) is 71.1 cm³/mol. The van der Waals surface area contributed by atoms with Crippen LogP contribution in [0.25, 0.3) is 0 Å². The first-order valence-corrected chi connectivity index (χ1v) is 6.75. The molecular weight excluding hydrogens is 245 g/mol. The van der Waals surface area contributed by atoms with Gasteiger partial charge in [-0.25, -0.2) is 4.39 Å². The van der Waals surface area contributed by atoms with Crippen LogP contribution in [-0.4, -0.2) is 30.6 Å². The van der Waals surface area contributed by atoms with E-state index in [1.54, 1.807) is 12.1 Å². The Hall–Kier alpha value is -1.42. The van der Waals surface area contributed by atoms with Gasteiger partial charge in [0.05, 0.1) is 13.5 Å². The Balaban J connectivity index is 2.03. The zero-order chi connectivity index (χ0) is 13.7. The molecule has 2 rings (SSSR count). The van der Waals surface area contributed by atoms with Gasteiger partial charge in [0.2, 0.25) is 0 Å². The van der Waals surface area contributed by atoms with Crippen LogP contribution >= 0.6 is 0 Å². The fourth-order valence-electron chi connectivity index (χ4n) is 2.62. The topological polar surface area (TPSA) is 29.5 Å². The van der Waals surface area contributed by atoms with E-state index in [1.165, 1.54) is 13.2 Å². The van der Waals surface area contributed by atoms with Gasteiger partial charge in [0, 0.05) is 18.2 Å². The molecule has 1 fully saturated rings. The van der Waals surface area contributed by atoms with Crippen molar-refractivity contribution in [2.45, 2.75) is 38.3 Å². The quantitative estimate of drug-likeness (QED) is 0.784. The van der Waals surface area contributed by atoms with Crippen LogP contribution in [0.1, 0.15) is 31.2 Å². The molecule has 1 saturated heterocycles. The molecule has 4 heteroatoms. The number of ether oxygens (including phenoxy) is 1. The van der Waals surface area contributed by atoms with Gasteiger partial charge in [0.15, 0.2) is 0 Å². The Morgan fingerprint density at radius 1 is 1.42 bits per heavy atom. The first-order chi connectivity index (χ1) is 9.20. The fraction of sp³-hybridized carbons (Fsp3) is 0.533.